The van der Waals surface area contributed by atoms with Crippen molar-refractivity contribution in [2.24, 2.45) is 5.92 Å². The molecule has 0 bridgehead atoms. The van der Waals surface area contributed by atoms with Gasteiger partial charge < -0.3 is 16.2 Å². The summed E-state index contributed by atoms with van der Waals surface area (Å²) in [5.41, 5.74) is 6.96. The summed E-state index contributed by atoms with van der Waals surface area (Å²) in [6, 6.07) is 5.44. The highest BCUT2D eigenvalue weighted by Crippen LogP contribution is 2.36. The molecule has 0 radical (unpaired) electrons. The topological polar surface area (TPSA) is 58.3 Å². The molecule has 1 aliphatic rings. The third-order valence-corrected chi connectivity index (χ3v) is 4.24. The quantitative estimate of drug-likeness (QED) is 0.738. The number of nitrogens with two attached hydrogens (primary N) is 1. The number of halogens is 1. The van der Waals surface area contributed by atoms with E-state index in [1.54, 1.807) is 6.07 Å². The summed E-state index contributed by atoms with van der Waals surface area (Å²) in [4.78, 5) is 0. The number of anilines is 2. The van der Waals surface area contributed by atoms with Crippen LogP contribution >= 0.6 is 11.6 Å². The first-order chi connectivity index (χ1) is 8.54. The van der Waals surface area contributed by atoms with Gasteiger partial charge >= 0.3 is 0 Å². The van der Waals surface area contributed by atoms with Crippen molar-refractivity contribution in [3.05, 3.63) is 23.2 Å². The minimum Gasteiger partial charge on any atom is -0.399 e. The summed E-state index contributed by atoms with van der Waals surface area (Å²) in [5, 5.41) is 13.7. The van der Waals surface area contributed by atoms with Gasteiger partial charge in [0.25, 0.3) is 0 Å². The highest BCUT2D eigenvalue weighted by Gasteiger charge is 2.33. The Bertz CT molecular complexity index is 414. The normalized spacial score (nSPS) is 28.1. The number of rotatable bonds is 3. The van der Waals surface area contributed by atoms with E-state index in [0.29, 0.717) is 10.7 Å². The predicted octanol–water partition coefficient (Wildman–Crippen LogP) is 3.28. The van der Waals surface area contributed by atoms with Crippen LogP contribution in [0.4, 0.5) is 11.4 Å². The van der Waals surface area contributed by atoms with Gasteiger partial charge in [-0.3, -0.25) is 0 Å². The standard InChI is InChI=1S/C14H21ClN2O/c1-10-4-6-14(9-18,7-5-10)17-13-3-2-11(16)8-12(13)15/h2-3,8,10,17-18H,4-7,9,16H2,1H3. The van der Waals surface area contributed by atoms with Crippen LogP contribution in [-0.2, 0) is 0 Å². The summed E-state index contributed by atoms with van der Waals surface area (Å²) in [5.74, 6) is 0.744. The second-order valence-corrected chi connectivity index (χ2v) is 5.89. The van der Waals surface area contributed by atoms with Gasteiger partial charge in [-0.1, -0.05) is 18.5 Å². The van der Waals surface area contributed by atoms with Crippen molar-refractivity contribution in [1.29, 1.82) is 0 Å². The maximum Gasteiger partial charge on any atom is 0.0661 e. The lowest BCUT2D eigenvalue weighted by atomic mass is 9.77. The lowest BCUT2D eigenvalue weighted by Crippen LogP contribution is -2.45. The van der Waals surface area contributed by atoms with Gasteiger partial charge in [-0.2, -0.15) is 0 Å². The molecule has 1 aliphatic carbocycles. The van der Waals surface area contributed by atoms with E-state index in [1.165, 1.54) is 0 Å². The number of hydrogen-bond donors (Lipinski definition) is 3. The molecule has 0 amide bonds. The third kappa shape index (κ3) is 2.90. The molecule has 100 valence electrons. The van der Waals surface area contributed by atoms with Crippen LogP contribution in [0.2, 0.25) is 5.02 Å². The summed E-state index contributed by atoms with van der Waals surface area (Å²) < 4.78 is 0. The maximum absolute atomic E-state index is 9.70. The molecule has 4 heteroatoms. The minimum absolute atomic E-state index is 0.139. The first kappa shape index (κ1) is 13.5. The van der Waals surface area contributed by atoms with Gasteiger partial charge in [0.15, 0.2) is 0 Å². The molecule has 1 saturated carbocycles. The van der Waals surface area contributed by atoms with E-state index < -0.39 is 0 Å². The molecule has 0 atom stereocenters. The first-order valence-corrected chi connectivity index (χ1v) is 6.86. The molecule has 0 aromatic heterocycles. The number of benzene rings is 1. The molecule has 3 nitrogen and oxygen atoms in total. The Morgan fingerprint density at radius 2 is 2.11 bits per heavy atom. The molecule has 0 spiro atoms. The number of aliphatic hydroxyl groups is 1. The van der Waals surface area contributed by atoms with Crippen LogP contribution in [0.3, 0.4) is 0 Å². The SMILES string of the molecule is CC1CCC(CO)(Nc2ccc(N)cc2Cl)CC1. The highest BCUT2D eigenvalue weighted by molar-refractivity contribution is 6.33. The Kier molecular flexibility index (Phi) is 4.03. The van der Waals surface area contributed by atoms with Crippen LogP contribution in [-0.4, -0.2) is 17.3 Å². The first-order valence-electron chi connectivity index (χ1n) is 6.49. The maximum atomic E-state index is 9.70. The van der Waals surface area contributed by atoms with Crippen molar-refractivity contribution in [1.82, 2.24) is 0 Å². The van der Waals surface area contributed by atoms with Crippen LogP contribution in [0.25, 0.3) is 0 Å². The smallest absolute Gasteiger partial charge is 0.0661 e. The van der Waals surface area contributed by atoms with Crippen molar-refractivity contribution in [2.45, 2.75) is 38.1 Å². The molecule has 1 fully saturated rings. The average Bonchev–Trinajstić information content (AvgIpc) is 2.36. The van der Waals surface area contributed by atoms with Crippen LogP contribution < -0.4 is 11.1 Å². The van der Waals surface area contributed by atoms with E-state index in [9.17, 15) is 5.11 Å². The van der Waals surface area contributed by atoms with Gasteiger partial charge in [0.1, 0.15) is 0 Å². The van der Waals surface area contributed by atoms with Gasteiger partial charge in [-0.15, -0.1) is 0 Å². The molecule has 18 heavy (non-hydrogen) atoms. The molecule has 0 aliphatic heterocycles. The summed E-state index contributed by atoms with van der Waals surface area (Å²) in [6.07, 6.45) is 4.23. The fourth-order valence-electron chi connectivity index (χ4n) is 2.56. The van der Waals surface area contributed by atoms with E-state index in [2.05, 4.69) is 12.2 Å². The summed E-state index contributed by atoms with van der Waals surface area (Å²) in [7, 11) is 0. The molecule has 4 N–H and O–H groups in total. The fraction of sp³-hybridized carbons (Fsp3) is 0.571. The monoisotopic (exact) mass is 268 g/mol. The van der Waals surface area contributed by atoms with Crippen molar-refractivity contribution in [3.8, 4) is 0 Å². The lowest BCUT2D eigenvalue weighted by Gasteiger charge is -2.39. The van der Waals surface area contributed by atoms with Crippen molar-refractivity contribution < 1.29 is 5.11 Å². The average molecular weight is 269 g/mol. The minimum atomic E-state index is -0.230. The van der Waals surface area contributed by atoms with Gasteiger partial charge in [0, 0.05) is 5.69 Å². The molecule has 1 aromatic carbocycles. The van der Waals surface area contributed by atoms with E-state index in [1.807, 2.05) is 12.1 Å². The third-order valence-electron chi connectivity index (χ3n) is 3.93. The fourth-order valence-corrected chi connectivity index (χ4v) is 2.79. The van der Waals surface area contributed by atoms with E-state index in [-0.39, 0.29) is 12.1 Å². The summed E-state index contributed by atoms with van der Waals surface area (Å²) in [6.45, 7) is 2.40. The lowest BCUT2D eigenvalue weighted by molar-refractivity contribution is 0.155. The van der Waals surface area contributed by atoms with Crippen LogP contribution in [0.1, 0.15) is 32.6 Å². The molecule has 1 aromatic rings. The molecular formula is C14H21ClN2O. The molecule has 0 saturated heterocycles. The van der Waals surface area contributed by atoms with Crippen LogP contribution in [0.5, 0.6) is 0 Å². The largest absolute Gasteiger partial charge is 0.399 e. The Hall–Kier alpha value is -0.930. The molecular weight excluding hydrogens is 248 g/mol. The Labute approximate surface area is 113 Å². The molecule has 2 rings (SSSR count). The van der Waals surface area contributed by atoms with Crippen LogP contribution in [0.15, 0.2) is 18.2 Å². The highest BCUT2D eigenvalue weighted by atomic mass is 35.5. The van der Waals surface area contributed by atoms with E-state index >= 15 is 0 Å². The Balaban J connectivity index is 2.15. The van der Waals surface area contributed by atoms with Crippen molar-refractivity contribution in [3.63, 3.8) is 0 Å². The number of hydrogen-bond acceptors (Lipinski definition) is 3. The number of nitrogens with one attached hydrogen (secondary N) is 1. The van der Waals surface area contributed by atoms with Gasteiger partial charge in [-0.25, -0.2) is 0 Å². The predicted molar refractivity (Wildman–Crippen MR) is 76.9 cm³/mol. The number of aliphatic hydroxyl groups excluding tert-OH is 1. The zero-order valence-electron chi connectivity index (χ0n) is 10.7. The Morgan fingerprint density at radius 3 is 2.67 bits per heavy atom. The van der Waals surface area contributed by atoms with E-state index in [4.69, 9.17) is 17.3 Å². The van der Waals surface area contributed by atoms with Crippen LogP contribution in [0, 0.1) is 5.92 Å². The molecule has 0 unspecified atom stereocenters. The van der Waals surface area contributed by atoms with Gasteiger partial charge in [0.2, 0.25) is 0 Å². The van der Waals surface area contributed by atoms with Crippen molar-refractivity contribution in [2.75, 3.05) is 17.7 Å². The van der Waals surface area contributed by atoms with Crippen molar-refractivity contribution >= 4 is 23.0 Å². The van der Waals surface area contributed by atoms with E-state index in [0.717, 1.165) is 37.3 Å². The number of nitrogen functional groups attached to an aromatic ring is 1. The van der Waals surface area contributed by atoms with Gasteiger partial charge in [0.05, 0.1) is 22.9 Å². The Morgan fingerprint density at radius 1 is 1.44 bits per heavy atom. The second-order valence-electron chi connectivity index (χ2n) is 5.49. The zero-order chi connectivity index (χ0) is 13.2. The van der Waals surface area contributed by atoms with Gasteiger partial charge in [-0.05, 0) is 49.8 Å². The summed E-state index contributed by atoms with van der Waals surface area (Å²) >= 11 is 6.17. The molecule has 0 heterocycles. The second kappa shape index (κ2) is 5.37. The zero-order valence-corrected chi connectivity index (χ0v) is 11.5.